The van der Waals surface area contributed by atoms with Crippen molar-refractivity contribution in [3.05, 3.63) is 35.4 Å². The van der Waals surface area contributed by atoms with Crippen molar-refractivity contribution in [1.29, 1.82) is 0 Å². The minimum atomic E-state index is -2.64. The Hall–Kier alpha value is -1.56. The van der Waals surface area contributed by atoms with Crippen LogP contribution in [0.1, 0.15) is 30.6 Å². The van der Waals surface area contributed by atoms with Gasteiger partial charge in [0.1, 0.15) is 6.10 Å². The average molecular weight is 262 g/mol. The summed E-state index contributed by atoms with van der Waals surface area (Å²) in [7, 11) is 0. The van der Waals surface area contributed by atoms with Crippen LogP contribution in [-0.4, -0.2) is 23.9 Å². The summed E-state index contributed by atoms with van der Waals surface area (Å²) < 4.78 is 42.4. The molecule has 1 N–H and O–H groups in total. The van der Waals surface area contributed by atoms with Gasteiger partial charge in [-0.15, -0.1) is 0 Å². The molecule has 0 aliphatic heterocycles. The maximum absolute atomic E-state index is 13.4. The molecule has 18 heavy (non-hydrogen) atoms. The molecule has 0 spiro atoms. The van der Waals surface area contributed by atoms with E-state index in [2.05, 4.69) is 4.74 Å². The highest BCUT2D eigenvalue weighted by Gasteiger charge is 2.29. The highest BCUT2D eigenvalue weighted by molar-refractivity contribution is 5.75. The minimum Gasteiger partial charge on any atom is -0.464 e. The number of halogens is 3. The second kappa shape index (κ2) is 6.39. The first kappa shape index (κ1) is 14.5. The van der Waals surface area contributed by atoms with Crippen LogP contribution in [0.5, 0.6) is 0 Å². The summed E-state index contributed by atoms with van der Waals surface area (Å²) in [5, 5.41) is 9.55. The topological polar surface area (TPSA) is 46.5 Å². The maximum Gasteiger partial charge on any atom is 0.343 e. The Morgan fingerprint density at radius 1 is 1.22 bits per heavy atom. The molecule has 1 aromatic carbocycles. The predicted octanol–water partition coefficient (Wildman–Crippen LogP) is 2.56. The zero-order chi connectivity index (χ0) is 13.7. The first-order valence-corrected chi connectivity index (χ1v) is 5.34. The zero-order valence-corrected chi connectivity index (χ0v) is 9.65. The van der Waals surface area contributed by atoms with Crippen LogP contribution < -0.4 is 0 Å². The number of hydrogen-bond acceptors (Lipinski definition) is 3. The second-order valence-electron chi connectivity index (χ2n) is 3.57. The van der Waals surface area contributed by atoms with E-state index in [1.165, 1.54) is 6.92 Å². The first-order chi connectivity index (χ1) is 8.47. The molecular formula is C12H13F3O3. The third kappa shape index (κ3) is 3.46. The fraction of sp³-hybridized carbons (Fsp3) is 0.417. The number of ether oxygens (including phenoxy) is 1. The Morgan fingerprint density at radius 3 is 2.17 bits per heavy atom. The van der Waals surface area contributed by atoms with E-state index >= 15 is 0 Å². The van der Waals surface area contributed by atoms with Crippen molar-refractivity contribution in [2.75, 3.05) is 6.61 Å². The molecule has 0 saturated carbocycles. The number of rotatable bonds is 5. The Labute approximate surface area is 102 Å². The Kier molecular flexibility index (Phi) is 5.15. The molecule has 0 aliphatic rings. The minimum absolute atomic E-state index is 0.00368. The van der Waals surface area contributed by atoms with Gasteiger partial charge in [0.2, 0.25) is 6.17 Å². The lowest BCUT2D eigenvalue weighted by atomic mass is 10.0. The molecule has 0 saturated heterocycles. The van der Waals surface area contributed by atoms with Crippen molar-refractivity contribution in [1.82, 2.24) is 0 Å². The van der Waals surface area contributed by atoms with E-state index in [1.807, 2.05) is 0 Å². The van der Waals surface area contributed by atoms with Crippen molar-refractivity contribution < 1.29 is 27.8 Å². The summed E-state index contributed by atoms with van der Waals surface area (Å²) in [6.07, 6.45) is -6.60. The predicted molar refractivity (Wildman–Crippen MR) is 57.9 cm³/mol. The molecule has 3 nitrogen and oxygen atoms in total. The van der Waals surface area contributed by atoms with Crippen molar-refractivity contribution >= 4 is 5.97 Å². The van der Waals surface area contributed by atoms with Gasteiger partial charge in [0.25, 0.3) is 6.43 Å². The quantitative estimate of drug-likeness (QED) is 0.829. The molecule has 100 valence electrons. The van der Waals surface area contributed by atoms with Crippen LogP contribution in [0.4, 0.5) is 13.2 Å². The summed E-state index contributed by atoms with van der Waals surface area (Å²) >= 11 is 0. The van der Waals surface area contributed by atoms with E-state index in [4.69, 9.17) is 0 Å². The van der Waals surface area contributed by atoms with E-state index in [-0.39, 0.29) is 17.7 Å². The maximum atomic E-state index is 13.4. The van der Waals surface area contributed by atoms with Gasteiger partial charge < -0.3 is 9.84 Å². The summed E-state index contributed by atoms with van der Waals surface area (Å²) in [5.74, 6) is -1.18. The van der Waals surface area contributed by atoms with Gasteiger partial charge in [-0.3, -0.25) is 0 Å². The lowest BCUT2D eigenvalue weighted by molar-refractivity contribution is -0.153. The number of esters is 1. The Morgan fingerprint density at radius 2 is 1.72 bits per heavy atom. The number of aliphatic hydroxyl groups is 1. The van der Waals surface area contributed by atoms with E-state index in [1.54, 1.807) is 0 Å². The van der Waals surface area contributed by atoms with Crippen molar-refractivity contribution in [2.24, 2.45) is 0 Å². The molecular weight excluding hydrogens is 249 g/mol. The number of benzene rings is 1. The molecule has 0 aromatic heterocycles. The fourth-order valence-electron chi connectivity index (χ4n) is 1.36. The normalized spacial score (nSPS) is 14.3. The molecule has 0 amide bonds. The van der Waals surface area contributed by atoms with E-state index in [0.717, 1.165) is 24.3 Å². The summed E-state index contributed by atoms with van der Waals surface area (Å²) in [5.41, 5.74) is -0.197. The summed E-state index contributed by atoms with van der Waals surface area (Å²) in [6, 6.07) is 4.44. The highest BCUT2D eigenvalue weighted by atomic mass is 19.3. The molecule has 1 rings (SSSR count). The van der Waals surface area contributed by atoms with Crippen molar-refractivity contribution in [3.8, 4) is 0 Å². The zero-order valence-electron chi connectivity index (χ0n) is 9.65. The van der Waals surface area contributed by atoms with Gasteiger partial charge in [0.15, 0.2) is 0 Å². The fourth-order valence-corrected chi connectivity index (χ4v) is 1.36. The standard InChI is InChI=1S/C12H13F3O3/c1-2-18-12(17)9(13)10(16)7-3-5-8(6-4-7)11(14)15/h3-6,9-11,16H,2H2,1H3. The van der Waals surface area contributed by atoms with Crippen LogP contribution in [0.3, 0.4) is 0 Å². The number of carbonyl (C=O) groups excluding carboxylic acids is 1. The van der Waals surface area contributed by atoms with Crippen LogP contribution in [0.2, 0.25) is 0 Å². The molecule has 0 radical (unpaired) electrons. The second-order valence-corrected chi connectivity index (χ2v) is 3.57. The first-order valence-electron chi connectivity index (χ1n) is 5.34. The Balaban J connectivity index is 2.77. The lowest BCUT2D eigenvalue weighted by Crippen LogP contribution is -2.26. The average Bonchev–Trinajstić information content (AvgIpc) is 2.37. The number of carbonyl (C=O) groups is 1. The molecule has 0 aliphatic carbocycles. The summed E-state index contributed by atoms with van der Waals surface area (Å²) in [6.45, 7) is 1.50. The van der Waals surface area contributed by atoms with Gasteiger partial charge in [0, 0.05) is 5.56 Å². The number of aliphatic hydroxyl groups excluding tert-OH is 1. The van der Waals surface area contributed by atoms with Crippen LogP contribution >= 0.6 is 0 Å². The molecule has 0 heterocycles. The van der Waals surface area contributed by atoms with E-state index in [0.29, 0.717) is 0 Å². The summed E-state index contributed by atoms with van der Waals surface area (Å²) in [4.78, 5) is 11.1. The van der Waals surface area contributed by atoms with Crippen LogP contribution in [0, 0.1) is 0 Å². The van der Waals surface area contributed by atoms with Gasteiger partial charge in [-0.2, -0.15) is 0 Å². The van der Waals surface area contributed by atoms with Gasteiger partial charge in [0.05, 0.1) is 6.61 Å². The van der Waals surface area contributed by atoms with E-state index < -0.39 is 24.7 Å². The molecule has 2 atom stereocenters. The van der Waals surface area contributed by atoms with Gasteiger partial charge >= 0.3 is 5.97 Å². The molecule has 1 aromatic rings. The van der Waals surface area contributed by atoms with E-state index in [9.17, 15) is 23.1 Å². The third-order valence-electron chi connectivity index (χ3n) is 2.32. The lowest BCUT2D eigenvalue weighted by Gasteiger charge is -2.15. The monoisotopic (exact) mass is 262 g/mol. The van der Waals surface area contributed by atoms with Crippen LogP contribution in [-0.2, 0) is 9.53 Å². The Bertz CT molecular complexity index is 392. The smallest absolute Gasteiger partial charge is 0.343 e. The SMILES string of the molecule is CCOC(=O)C(F)C(O)c1ccc(C(F)F)cc1. The van der Waals surface area contributed by atoms with Crippen molar-refractivity contribution in [2.45, 2.75) is 25.6 Å². The van der Waals surface area contributed by atoms with Gasteiger partial charge in [-0.05, 0) is 12.5 Å². The highest BCUT2D eigenvalue weighted by Crippen LogP contribution is 2.24. The molecule has 6 heteroatoms. The molecule has 2 unspecified atom stereocenters. The van der Waals surface area contributed by atoms with Crippen molar-refractivity contribution in [3.63, 3.8) is 0 Å². The van der Waals surface area contributed by atoms with Crippen LogP contribution in [0.25, 0.3) is 0 Å². The number of alkyl halides is 3. The largest absolute Gasteiger partial charge is 0.464 e. The van der Waals surface area contributed by atoms with Gasteiger partial charge in [-0.1, -0.05) is 24.3 Å². The molecule has 0 fully saturated rings. The third-order valence-corrected chi connectivity index (χ3v) is 2.32. The van der Waals surface area contributed by atoms with Crippen LogP contribution in [0.15, 0.2) is 24.3 Å². The number of hydrogen-bond donors (Lipinski definition) is 1. The molecule has 0 bridgehead atoms. The van der Waals surface area contributed by atoms with Gasteiger partial charge in [-0.25, -0.2) is 18.0 Å².